The third-order valence-electron chi connectivity index (χ3n) is 1.01. The Balaban J connectivity index is 0.000001000. The Hall–Kier alpha value is 0.770. The van der Waals surface area contributed by atoms with Gasteiger partial charge in [-0.3, -0.25) is 0 Å². The number of nitrogens with one attached hydrogen (secondary N) is 3. The van der Waals surface area contributed by atoms with Crippen molar-refractivity contribution < 1.29 is 38.6 Å². The van der Waals surface area contributed by atoms with E-state index in [1.807, 2.05) is 22.6 Å². The number of hydrogen-bond donors (Lipinski definition) is 3. The molecule has 0 aliphatic carbocycles. The highest BCUT2D eigenvalue weighted by atomic mass is 127. The van der Waals surface area contributed by atoms with Gasteiger partial charge in [-0.2, -0.15) is 5.43 Å². The number of rotatable bonds is 2. The van der Waals surface area contributed by atoms with Crippen molar-refractivity contribution in [3.05, 3.63) is 5.21 Å². The van der Waals surface area contributed by atoms with Gasteiger partial charge in [-0.15, -0.1) is 0 Å². The number of carbonyl (C=O) groups is 1. The van der Waals surface area contributed by atoms with Gasteiger partial charge in [-0.1, -0.05) is 22.6 Å². The molecule has 11 heavy (non-hydrogen) atoms. The average Bonchev–Trinajstić information content (AvgIpc) is 2.20. The van der Waals surface area contributed by atoms with Crippen molar-refractivity contribution in [3.8, 4) is 0 Å². The number of urea groups is 1. The van der Waals surface area contributed by atoms with Crippen LogP contribution in [0.15, 0.2) is 0 Å². The highest BCUT2D eigenvalue weighted by molar-refractivity contribution is 14.1. The molecule has 0 aromatic carbocycles. The smallest absolute Gasteiger partial charge is 0.432 e. The molecule has 8 heteroatoms. The van der Waals surface area contributed by atoms with Crippen LogP contribution >= 0.6 is 22.6 Å². The molecule has 0 saturated carbocycles. The molecule has 2 atom stereocenters. The first kappa shape index (κ1) is 11.8. The van der Waals surface area contributed by atoms with Gasteiger partial charge in [-0.25, -0.2) is 15.3 Å². The van der Waals surface area contributed by atoms with Gasteiger partial charge in [-0.05, 0) is 0 Å². The number of hydroxylamine groups is 2. The zero-order valence-corrected chi connectivity index (χ0v) is 9.58. The first-order chi connectivity index (χ1) is 4.75. The van der Waals surface area contributed by atoms with Gasteiger partial charge >= 0.3 is 6.03 Å². The SMILES string of the molecule is O=C1NNC(OCI)[NH+]1[O-].[I-]. The third-order valence-corrected chi connectivity index (χ3v) is 1.37. The largest absolute Gasteiger partial charge is 1.00 e. The average molecular weight is 386 g/mol. The Bertz CT molecular complexity index is 146. The molecule has 2 amide bonds. The zero-order chi connectivity index (χ0) is 7.56. The van der Waals surface area contributed by atoms with Crippen molar-refractivity contribution in [1.82, 2.24) is 10.9 Å². The minimum atomic E-state index is -0.801. The Morgan fingerprint density at radius 2 is 2.45 bits per heavy atom. The first-order valence-corrected chi connectivity index (χ1v) is 4.05. The van der Waals surface area contributed by atoms with Crippen LogP contribution in [0.2, 0.25) is 0 Å². The van der Waals surface area contributed by atoms with Gasteiger partial charge in [0.05, 0.1) is 0 Å². The second-order valence-corrected chi connectivity index (χ2v) is 2.24. The van der Waals surface area contributed by atoms with Crippen LogP contribution in [0.4, 0.5) is 4.79 Å². The highest BCUT2D eigenvalue weighted by Gasteiger charge is 2.30. The number of halogens is 2. The molecule has 0 bridgehead atoms. The van der Waals surface area contributed by atoms with Crippen LogP contribution in [-0.2, 0) is 4.74 Å². The molecule has 3 N–H and O–H groups in total. The number of hydrazine groups is 1. The predicted octanol–water partition coefficient (Wildman–Crippen LogP) is -4.71. The second-order valence-electron chi connectivity index (χ2n) is 1.62. The molecule has 1 fully saturated rings. The lowest BCUT2D eigenvalue weighted by molar-refractivity contribution is -0.811. The molecule has 0 spiro atoms. The number of quaternary nitrogens is 1. The molecule has 1 saturated heterocycles. The van der Waals surface area contributed by atoms with Gasteiger partial charge < -0.3 is 33.9 Å². The fourth-order valence-corrected chi connectivity index (χ4v) is 0.917. The molecule has 1 rings (SSSR count). The molecule has 0 aromatic rings. The predicted molar refractivity (Wildman–Crippen MR) is 39.8 cm³/mol. The van der Waals surface area contributed by atoms with Crippen LogP contribution in [0, 0.1) is 5.21 Å². The number of hydrogen-bond acceptors (Lipinski definition) is 4. The summed E-state index contributed by atoms with van der Waals surface area (Å²) in [4.78, 5) is 10.5. The van der Waals surface area contributed by atoms with E-state index < -0.39 is 17.4 Å². The topological polar surface area (TPSA) is 77.9 Å². The standard InChI is InChI=1S/C3H6IN3O3.HI/c4-1-10-3-6-5-2(8)7(3)9;/h3,6-7H,1H2,(H,5,8);1H/p-1. The first-order valence-electron chi connectivity index (χ1n) is 2.53. The van der Waals surface area contributed by atoms with Crippen LogP contribution in [0.1, 0.15) is 0 Å². The Morgan fingerprint density at radius 3 is 2.82 bits per heavy atom. The van der Waals surface area contributed by atoms with E-state index in [0.29, 0.717) is 4.61 Å². The normalized spacial score (nSPS) is 29.5. The van der Waals surface area contributed by atoms with Gasteiger partial charge in [0, 0.05) is 0 Å². The van der Waals surface area contributed by atoms with Crippen LogP contribution in [0.3, 0.4) is 0 Å². The monoisotopic (exact) mass is 386 g/mol. The van der Waals surface area contributed by atoms with Crippen molar-refractivity contribution in [2.24, 2.45) is 0 Å². The van der Waals surface area contributed by atoms with E-state index in [4.69, 9.17) is 4.74 Å². The molecule has 1 aliphatic rings. The lowest BCUT2D eigenvalue weighted by Crippen LogP contribution is -3.12. The fraction of sp³-hybridized carbons (Fsp3) is 0.667. The molecule has 0 radical (unpaired) electrons. The summed E-state index contributed by atoms with van der Waals surface area (Å²) in [6, 6.07) is -0.644. The molecular weight excluding hydrogens is 380 g/mol. The van der Waals surface area contributed by atoms with Crippen molar-refractivity contribution in [2.45, 2.75) is 6.35 Å². The van der Waals surface area contributed by atoms with Crippen LogP contribution in [-0.4, -0.2) is 17.0 Å². The highest BCUT2D eigenvalue weighted by Crippen LogP contribution is 1.86. The van der Waals surface area contributed by atoms with Gasteiger partial charge in [0.15, 0.2) is 0 Å². The minimum Gasteiger partial charge on any atom is -1.00 e. The number of alkyl halides is 1. The summed E-state index contributed by atoms with van der Waals surface area (Å²) >= 11 is 1.94. The lowest BCUT2D eigenvalue weighted by Gasteiger charge is -2.17. The number of amides is 2. The van der Waals surface area contributed by atoms with E-state index in [9.17, 15) is 10.0 Å². The Kier molecular flexibility index (Phi) is 5.80. The molecule has 1 aliphatic heterocycles. The van der Waals surface area contributed by atoms with Crippen molar-refractivity contribution in [1.29, 1.82) is 0 Å². The molecule has 2 unspecified atom stereocenters. The van der Waals surface area contributed by atoms with Crippen molar-refractivity contribution >= 4 is 28.6 Å². The van der Waals surface area contributed by atoms with E-state index in [-0.39, 0.29) is 24.0 Å². The lowest BCUT2D eigenvalue weighted by atomic mass is 10.9. The fourth-order valence-electron chi connectivity index (χ4n) is 0.558. The molecule has 1 heterocycles. The maximum atomic E-state index is 10.7. The number of carbonyl (C=O) groups excluding carboxylic acids is 1. The molecule has 6 nitrogen and oxygen atoms in total. The van der Waals surface area contributed by atoms with Crippen LogP contribution in [0.25, 0.3) is 0 Å². The van der Waals surface area contributed by atoms with Crippen molar-refractivity contribution in [2.75, 3.05) is 4.61 Å². The van der Waals surface area contributed by atoms with E-state index in [2.05, 4.69) is 10.9 Å². The third kappa shape index (κ3) is 2.95. The second kappa shape index (κ2) is 5.42. The maximum Gasteiger partial charge on any atom is 0.432 e. The number of ether oxygens (including phenoxy) is 1. The van der Waals surface area contributed by atoms with E-state index in [0.717, 1.165) is 0 Å². The molecule has 66 valence electrons. The molecule has 0 aromatic heterocycles. The van der Waals surface area contributed by atoms with Gasteiger partial charge in [0.25, 0.3) is 6.35 Å². The van der Waals surface area contributed by atoms with Gasteiger partial charge in [0.1, 0.15) is 4.61 Å². The summed E-state index contributed by atoms with van der Waals surface area (Å²) in [6.07, 6.45) is -0.801. The van der Waals surface area contributed by atoms with Crippen LogP contribution in [0.5, 0.6) is 0 Å². The summed E-state index contributed by atoms with van der Waals surface area (Å²) in [5, 5.41) is 10.1. The summed E-state index contributed by atoms with van der Waals surface area (Å²) < 4.78 is 5.20. The quantitative estimate of drug-likeness (QED) is 0.254. The summed E-state index contributed by atoms with van der Waals surface area (Å²) in [5.74, 6) is 0. The zero-order valence-electron chi connectivity index (χ0n) is 5.27. The van der Waals surface area contributed by atoms with E-state index >= 15 is 0 Å². The van der Waals surface area contributed by atoms with Crippen molar-refractivity contribution in [3.63, 3.8) is 0 Å². The van der Waals surface area contributed by atoms with Crippen LogP contribution < -0.4 is 39.9 Å². The minimum absolute atomic E-state index is 0. The maximum absolute atomic E-state index is 10.7. The molecular formula is C3H6I2N3O3-. The summed E-state index contributed by atoms with van der Waals surface area (Å²) in [6.45, 7) is 0. The van der Waals surface area contributed by atoms with E-state index in [1.165, 1.54) is 0 Å². The Morgan fingerprint density at radius 1 is 1.82 bits per heavy atom. The van der Waals surface area contributed by atoms with E-state index in [1.54, 1.807) is 0 Å². The summed E-state index contributed by atoms with van der Waals surface area (Å²) in [7, 11) is 0. The summed E-state index contributed by atoms with van der Waals surface area (Å²) in [5.41, 5.74) is 4.52. The van der Waals surface area contributed by atoms with Gasteiger partial charge in [0.2, 0.25) is 0 Å². The Labute approximate surface area is 93.7 Å².